The molecule has 18 heavy (non-hydrogen) atoms. The normalized spacial score (nSPS) is 13.1. The maximum Gasteiger partial charge on any atom is 0.238 e. The first-order chi connectivity index (χ1) is 8.34. The number of nitrogens with one attached hydrogen (secondary N) is 1. The van der Waals surface area contributed by atoms with Gasteiger partial charge in [-0.3, -0.25) is 0 Å². The van der Waals surface area contributed by atoms with E-state index in [9.17, 15) is 8.42 Å². The van der Waals surface area contributed by atoms with Crippen LogP contribution in [0.4, 0.5) is 5.69 Å². The van der Waals surface area contributed by atoms with E-state index in [-0.39, 0.29) is 10.9 Å². The topological polar surface area (TPSA) is 72.2 Å². The first-order valence-corrected chi connectivity index (χ1v) is 7.40. The van der Waals surface area contributed by atoms with Crippen molar-refractivity contribution in [3.63, 3.8) is 0 Å². The highest BCUT2D eigenvalue weighted by Gasteiger charge is 2.12. The average molecular weight is 268 g/mol. The van der Waals surface area contributed by atoms with Gasteiger partial charge in [-0.05, 0) is 44.4 Å². The molecule has 0 aliphatic heterocycles. The van der Waals surface area contributed by atoms with Crippen LogP contribution in [-0.4, -0.2) is 14.5 Å². The zero-order valence-corrected chi connectivity index (χ0v) is 11.6. The van der Waals surface area contributed by atoms with Crippen LogP contribution in [0.1, 0.15) is 25.3 Å². The molecule has 0 fully saturated rings. The highest BCUT2D eigenvalue weighted by atomic mass is 32.2. The Morgan fingerprint density at radius 1 is 1.50 bits per heavy atom. The van der Waals surface area contributed by atoms with Crippen molar-refractivity contribution in [3.05, 3.63) is 36.4 Å². The van der Waals surface area contributed by atoms with Gasteiger partial charge in [0.05, 0.1) is 4.90 Å². The number of aryl methyl sites for hydroxylation is 1. The molecule has 0 amide bonds. The Morgan fingerprint density at radius 2 is 2.17 bits per heavy atom. The van der Waals surface area contributed by atoms with Gasteiger partial charge in [-0.15, -0.1) is 6.58 Å². The van der Waals surface area contributed by atoms with Crippen LogP contribution < -0.4 is 10.5 Å². The molecule has 0 aliphatic carbocycles. The Kier molecular flexibility index (Phi) is 4.93. The molecule has 0 saturated carbocycles. The summed E-state index contributed by atoms with van der Waals surface area (Å²) in [6.45, 7) is 7.44. The van der Waals surface area contributed by atoms with E-state index in [1.54, 1.807) is 19.1 Å². The zero-order valence-electron chi connectivity index (χ0n) is 10.8. The fourth-order valence-electron chi connectivity index (χ4n) is 1.72. The van der Waals surface area contributed by atoms with Crippen LogP contribution in [0.2, 0.25) is 0 Å². The molecular formula is C13H20N2O2S. The van der Waals surface area contributed by atoms with Gasteiger partial charge in [-0.2, -0.15) is 0 Å². The van der Waals surface area contributed by atoms with Crippen LogP contribution in [0, 0.1) is 6.92 Å². The molecule has 0 saturated heterocycles. The van der Waals surface area contributed by atoms with Crippen molar-refractivity contribution in [3.8, 4) is 0 Å². The van der Waals surface area contributed by atoms with E-state index in [4.69, 9.17) is 5.14 Å². The van der Waals surface area contributed by atoms with Crippen molar-refractivity contribution >= 4 is 15.7 Å². The van der Waals surface area contributed by atoms with Gasteiger partial charge >= 0.3 is 0 Å². The molecule has 0 spiro atoms. The van der Waals surface area contributed by atoms with Crippen molar-refractivity contribution in [1.82, 2.24) is 0 Å². The second kappa shape index (κ2) is 6.02. The van der Waals surface area contributed by atoms with Crippen molar-refractivity contribution < 1.29 is 8.42 Å². The molecule has 0 aliphatic rings. The van der Waals surface area contributed by atoms with E-state index in [2.05, 4.69) is 11.9 Å². The molecular weight excluding hydrogens is 248 g/mol. The van der Waals surface area contributed by atoms with Crippen LogP contribution in [0.5, 0.6) is 0 Å². The van der Waals surface area contributed by atoms with E-state index in [1.807, 2.05) is 19.1 Å². The maximum absolute atomic E-state index is 11.4. The van der Waals surface area contributed by atoms with Gasteiger partial charge in [0.2, 0.25) is 10.0 Å². The number of allylic oxidation sites excluding steroid dienone is 1. The van der Waals surface area contributed by atoms with Crippen LogP contribution in [0.25, 0.3) is 0 Å². The van der Waals surface area contributed by atoms with E-state index in [0.717, 1.165) is 18.5 Å². The smallest absolute Gasteiger partial charge is 0.238 e. The molecule has 1 unspecified atom stereocenters. The second-order valence-electron chi connectivity index (χ2n) is 4.44. The van der Waals surface area contributed by atoms with Gasteiger partial charge in [0, 0.05) is 11.7 Å². The van der Waals surface area contributed by atoms with Gasteiger partial charge < -0.3 is 5.32 Å². The molecule has 3 N–H and O–H groups in total. The van der Waals surface area contributed by atoms with Crippen LogP contribution in [0.15, 0.2) is 35.7 Å². The van der Waals surface area contributed by atoms with Gasteiger partial charge in [-0.25, -0.2) is 13.6 Å². The second-order valence-corrected chi connectivity index (χ2v) is 5.97. The van der Waals surface area contributed by atoms with E-state index < -0.39 is 10.0 Å². The maximum atomic E-state index is 11.4. The zero-order chi connectivity index (χ0) is 13.8. The average Bonchev–Trinajstić information content (AvgIpc) is 2.27. The number of benzene rings is 1. The summed E-state index contributed by atoms with van der Waals surface area (Å²) in [4.78, 5) is 0.170. The molecule has 1 aromatic rings. The molecule has 0 radical (unpaired) electrons. The highest BCUT2D eigenvalue weighted by molar-refractivity contribution is 7.89. The fourth-order valence-corrected chi connectivity index (χ4v) is 2.53. The molecule has 0 aromatic heterocycles. The van der Waals surface area contributed by atoms with Crippen LogP contribution in [0.3, 0.4) is 0 Å². The summed E-state index contributed by atoms with van der Waals surface area (Å²) in [7, 11) is -3.66. The Morgan fingerprint density at radius 3 is 2.72 bits per heavy atom. The Bertz CT molecular complexity index is 524. The largest absolute Gasteiger partial charge is 0.383 e. The molecule has 0 bridgehead atoms. The van der Waals surface area contributed by atoms with Gasteiger partial charge in [0.15, 0.2) is 0 Å². The Balaban J connectivity index is 2.89. The predicted molar refractivity (Wildman–Crippen MR) is 75.1 cm³/mol. The minimum absolute atomic E-state index is 0.170. The van der Waals surface area contributed by atoms with Crippen molar-refractivity contribution in [2.24, 2.45) is 5.14 Å². The van der Waals surface area contributed by atoms with Crippen LogP contribution in [-0.2, 0) is 10.0 Å². The first-order valence-electron chi connectivity index (χ1n) is 5.85. The molecule has 1 atom stereocenters. The van der Waals surface area contributed by atoms with Crippen molar-refractivity contribution in [1.29, 1.82) is 0 Å². The highest BCUT2D eigenvalue weighted by Crippen LogP contribution is 2.20. The molecule has 0 heterocycles. The quantitative estimate of drug-likeness (QED) is 0.778. The van der Waals surface area contributed by atoms with E-state index in [0.29, 0.717) is 5.56 Å². The lowest BCUT2D eigenvalue weighted by atomic mass is 10.1. The fraction of sp³-hybridized carbons (Fsp3) is 0.385. The standard InChI is InChI=1S/C13H20N2O2S/c1-4-5-6-11(3)15-12-8-7-10(2)13(9-12)18(14,16)17/h4,7-9,11,15H,1,5-6H2,2-3H3,(H2,14,16,17). The minimum atomic E-state index is -3.66. The summed E-state index contributed by atoms with van der Waals surface area (Å²) in [5.41, 5.74) is 1.42. The van der Waals surface area contributed by atoms with Gasteiger partial charge in [0.25, 0.3) is 0 Å². The summed E-state index contributed by atoms with van der Waals surface area (Å²) < 4.78 is 22.8. The van der Waals surface area contributed by atoms with Crippen molar-refractivity contribution in [2.45, 2.75) is 37.6 Å². The van der Waals surface area contributed by atoms with Crippen molar-refractivity contribution in [2.75, 3.05) is 5.32 Å². The summed E-state index contributed by atoms with van der Waals surface area (Å²) in [6, 6.07) is 5.44. The van der Waals surface area contributed by atoms with Gasteiger partial charge in [-0.1, -0.05) is 12.1 Å². The molecule has 4 nitrogen and oxygen atoms in total. The first kappa shape index (κ1) is 14.7. The summed E-state index contributed by atoms with van der Waals surface area (Å²) >= 11 is 0. The minimum Gasteiger partial charge on any atom is -0.383 e. The van der Waals surface area contributed by atoms with Crippen LogP contribution >= 0.6 is 0 Å². The lowest BCUT2D eigenvalue weighted by molar-refractivity contribution is 0.597. The number of hydrogen-bond donors (Lipinski definition) is 2. The SMILES string of the molecule is C=CCCC(C)Nc1ccc(C)c(S(N)(=O)=O)c1. The lowest BCUT2D eigenvalue weighted by Gasteiger charge is -2.15. The number of anilines is 1. The third-order valence-electron chi connectivity index (χ3n) is 2.71. The summed E-state index contributed by atoms with van der Waals surface area (Å²) in [6.07, 6.45) is 3.73. The number of hydrogen-bond acceptors (Lipinski definition) is 3. The summed E-state index contributed by atoms with van der Waals surface area (Å²) in [5, 5.41) is 8.42. The van der Waals surface area contributed by atoms with E-state index >= 15 is 0 Å². The third-order valence-corrected chi connectivity index (χ3v) is 3.76. The van der Waals surface area contributed by atoms with E-state index in [1.165, 1.54) is 0 Å². The Labute approximate surface area is 109 Å². The number of rotatable bonds is 6. The van der Waals surface area contributed by atoms with Gasteiger partial charge in [0.1, 0.15) is 0 Å². The lowest BCUT2D eigenvalue weighted by Crippen LogP contribution is -2.17. The monoisotopic (exact) mass is 268 g/mol. The summed E-state index contributed by atoms with van der Waals surface area (Å²) in [5.74, 6) is 0. The number of sulfonamides is 1. The third kappa shape index (κ3) is 4.16. The molecule has 1 aromatic carbocycles. The number of primary sulfonamides is 1. The predicted octanol–water partition coefficient (Wildman–Crippen LogP) is 2.41. The molecule has 5 heteroatoms. The molecule has 100 valence electrons. The molecule has 1 rings (SSSR count). The number of nitrogens with two attached hydrogens (primary N) is 1. The Hall–Kier alpha value is -1.33.